The highest BCUT2D eigenvalue weighted by Crippen LogP contribution is 2.38. The molecule has 0 spiro atoms. The molecule has 0 saturated carbocycles. The second kappa shape index (κ2) is 15.0. The Morgan fingerprint density at radius 1 is 1.16 bits per heavy atom. The average molecular weight is 752 g/mol. The fraction of sp³-hybridized carbons (Fsp3) is 0.206. The van der Waals surface area contributed by atoms with Gasteiger partial charge in [0.25, 0.3) is 11.2 Å². The van der Waals surface area contributed by atoms with Crippen molar-refractivity contribution >= 4 is 64.0 Å². The number of halogens is 2. The van der Waals surface area contributed by atoms with E-state index in [0.717, 1.165) is 23.1 Å². The van der Waals surface area contributed by atoms with Crippen molar-refractivity contribution in [1.29, 1.82) is 0 Å². The van der Waals surface area contributed by atoms with Crippen molar-refractivity contribution in [1.82, 2.24) is 19.7 Å². The molecule has 5 aromatic rings. The number of methoxy groups -OCH3 is 1. The first-order valence-electron chi connectivity index (χ1n) is 15.3. The van der Waals surface area contributed by atoms with Gasteiger partial charge in [-0.3, -0.25) is 24.6 Å². The standard InChI is InChI=1S/C34H28Cl2N6O6S2/c1-4-8-23-28(32(44)48-5-2)29(21-9-6-7-10-25(21)47-3)41-31(43)27(50-34(41)37-23)16-18-11-14-26(24(15-18)42(45)46)49-33-38-30(39-40-33)20-13-12-19(35)17-22(20)36/h6-7,9-17,29H,4-5,8H2,1-3H3,(H,38,39,40)/b27-16+/t29-/m0/s1. The van der Waals surface area contributed by atoms with E-state index in [1.165, 1.54) is 17.7 Å². The van der Waals surface area contributed by atoms with Crippen molar-refractivity contribution in [3.05, 3.63) is 123 Å². The fourth-order valence-electron chi connectivity index (χ4n) is 5.50. The molecular formula is C34H28Cl2N6O6S2. The number of carbonyl (C=O) groups excluding carboxylic acids is 1. The Morgan fingerprint density at radius 2 is 1.96 bits per heavy atom. The van der Waals surface area contributed by atoms with Gasteiger partial charge in [-0.15, -0.1) is 5.10 Å². The van der Waals surface area contributed by atoms with Crippen LogP contribution >= 0.6 is 46.3 Å². The van der Waals surface area contributed by atoms with Crippen molar-refractivity contribution in [3.63, 3.8) is 0 Å². The first kappa shape index (κ1) is 35.1. The molecule has 50 heavy (non-hydrogen) atoms. The Morgan fingerprint density at radius 3 is 2.68 bits per heavy atom. The summed E-state index contributed by atoms with van der Waals surface area (Å²) in [7, 11) is 1.52. The van der Waals surface area contributed by atoms with Crippen LogP contribution in [0.25, 0.3) is 17.5 Å². The van der Waals surface area contributed by atoms with Gasteiger partial charge < -0.3 is 9.47 Å². The van der Waals surface area contributed by atoms with Gasteiger partial charge in [-0.25, -0.2) is 14.8 Å². The van der Waals surface area contributed by atoms with Gasteiger partial charge in [0, 0.05) is 22.2 Å². The largest absolute Gasteiger partial charge is 0.496 e. The van der Waals surface area contributed by atoms with Crippen LogP contribution in [-0.2, 0) is 9.53 Å². The molecule has 1 atom stereocenters. The van der Waals surface area contributed by atoms with Crippen molar-refractivity contribution in [2.75, 3.05) is 13.7 Å². The predicted octanol–water partition coefficient (Wildman–Crippen LogP) is 6.74. The number of ether oxygens (including phenoxy) is 2. The van der Waals surface area contributed by atoms with Gasteiger partial charge in [0.1, 0.15) is 11.8 Å². The van der Waals surface area contributed by atoms with E-state index in [9.17, 15) is 19.7 Å². The number of H-pyrrole nitrogens is 1. The maximum absolute atomic E-state index is 14.2. The van der Waals surface area contributed by atoms with Crippen LogP contribution in [0, 0.1) is 10.1 Å². The number of esters is 1. The minimum Gasteiger partial charge on any atom is -0.496 e. The first-order valence-corrected chi connectivity index (χ1v) is 17.7. The van der Waals surface area contributed by atoms with Gasteiger partial charge in [-0.1, -0.05) is 72.1 Å². The molecule has 1 N–H and O–H groups in total. The topological polar surface area (TPSA) is 155 Å². The first-order chi connectivity index (χ1) is 24.1. The molecule has 2 aromatic heterocycles. The molecule has 6 rings (SSSR count). The third-order valence-corrected chi connectivity index (χ3v) is 10.1. The molecule has 1 aliphatic heterocycles. The molecule has 16 heteroatoms. The van der Waals surface area contributed by atoms with E-state index in [2.05, 4.69) is 15.2 Å². The van der Waals surface area contributed by atoms with Crippen LogP contribution in [0.5, 0.6) is 5.75 Å². The van der Waals surface area contributed by atoms with E-state index in [0.29, 0.717) is 66.5 Å². The summed E-state index contributed by atoms with van der Waals surface area (Å²) in [6.07, 6.45) is 2.76. The number of para-hydroxylation sites is 1. The van der Waals surface area contributed by atoms with E-state index in [1.807, 2.05) is 6.92 Å². The molecule has 0 amide bonds. The Hall–Kier alpha value is -4.76. The summed E-state index contributed by atoms with van der Waals surface area (Å²) in [5, 5.41) is 20.3. The van der Waals surface area contributed by atoms with E-state index in [-0.39, 0.29) is 27.6 Å². The highest BCUT2D eigenvalue weighted by Gasteiger charge is 2.36. The second-order valence-electron chi connectivity index (χ2n) is 10.8. The number of nitrogens with zero attached hydrogens (tertiary/aromatic N) is 5. The summed E-state index contributed by atoms with van der Waals surface area (Å²) >= 11 is 14.4. The molecule has 0 unspecified atom stereocenters. The number of nitro groups is 1. The van der Waals surface area contributed by atoms with Crippen LogP contribution in [0.4, 0.5) is 5.69 Å². The number of aromatic amines is 1. The van der Waals surface area contributed by atoms with Crippen LogP contribution in [0.15, 0.2) is 91.8 Å². The lowest BCUT2D eigenvalue weighted by molar-refractivity contribution is -0.387. The van der Waals surface area contributed by atoms with Crippen LogP contribution in [0.1, 0.15) is 43.9 Å². The van der Waals surface area contributed by atoms with Gasteiger partial charge in [-0.2, -0.15) is 0 Å². The third kappa shape index (κ3) is 6.97. The average Bonchev–Trinajstić information content (AvgIpc) is 3.68. The van der Waals surface area contributed by atoms with E-state index < -0.39 is 22.5 Å². The van der Waals surface area contributed by atoms with Gasteiger partial charge in [-0.05, 0) is 67.1 Å². The maximum atomic E-state index is 14.2. The quantitative estimate of drug-likeness (QED) is 0.0878. The zero-order valence-corrected chi connectivity index (χ0v) is 30.0. The number of fused-ring (bicyclic) bond motifs is 1. The molecule has 256 valence electrons. The summed E-state index contributed by atoms with van der Waals surface area (Å²) in [6, 6.07) is 15.9. The second-order valence-corrected chi connectivity index (χ2v) is 13.7. The number of benzene rings is 3. The van der Waals surface area contributed by atoms with Crippen LogP contribution in [-0.4, -0.2) is 44.4 Å². The number of carbonyl (C=O) groups is 1. The highest BCUT2D eigenvalue weighted by atomic mass is 35.5. The summed E-state index contributed by atoms with van der Waals surface area (Å²) in [4.78, 5) is 49.2. The predicted molar refractivity (Wildman–Crippen MR) is 192 cm³/mol. The molecule has 12 nitrogen and oxygen atoms in total. The smallest absolute Gasteiger partial charge is 0.338 e. The van der Waals surface area contributed by atoms with Crippen molar-refractivity contribution in [2.45, 2.75) is 42.8 Å². The third-order valence-electron chi connectivity index (χ3n) is 7.66. The fourth-order valence-corrected chi connectivity index (χ4v) is 7.82. The van der Waals surface area contributed by atoms with E-state index in [1.54, 1.807) is 67.6 Å². The maximum Gasteiger partial charge on any atom is 0.338 e. The number of thiazole rings is 1. The van der Waals surface area contributed by atoms with Gasteiger partial charge in [0.15, 0.2) is 10.6 Å². The molecule has 3 heterocycles. The number of hydrogen-bond donors (Lipinski definition) is 1. The zero-order valence-electron chi connectivity index (χ0n) is 26.8. The number of nitro benzene ring substituents is 1. The lowest BCUT2D eigenvalue weighted by Crippen LogP contribution is -2.40. The van der Waals surface area contributed by atoms with Crippen LogP contribution < -0.4 is 19.6 Å². The number of nitrogens with one attached hydrogen (secondary N) is 1. The van der Waals surface area contributed by atoms with Gasteiger partial charge >= 0.3 is 5.97 Å². The number of rotatable bonds is 11. The number of aromatic nitrogens is 4. The van der Waals surface area contributed by atoms with Crippen LogP contribution in [0.3, 0.4) is 0 Å². The molecule has 0 bridgehead atoms. The Kier molecular flexibility index (Phi) is 10.5. The molecule has 0 aliphatic carbocycles. The summed E-state index contributed by atoms with van der Waals surface area (Å²) in [6.45, 7) is 3.84. The summed E-state index contributed by atoms with van der Waals surface area (Å²) in [5.74, 6) is 0.303. The zero-order chi connectivity index (χ0) is 35.5. The molecule has 0 saturated heterocycles. The normalized spacial score (nSPS) is 14.3. The summed E-state index contributed by atoms with van der Waals surface area (Å²) in [5.41, 5.74) is 1.77. The van der Waals surface area contributed by atoms with E-state index in [4.69, 9.17) is 37.7 Å². The minimum atomic E-state index is -0.868. The summed E-state index contributed by atoms with van der Waals surface area (Å²) < 4.78 is 12.8. The Balaban J connectivity index is 1.42. The molecular weight excluding hydrogens is 723 g/mol. The monoisotopic (exact) mass is 750 g/mol. The molecule has 3 aromatic carbocycles. The lowest BCUT2D eigenvalue weighted by atomic mass is 9.93. The van der Waals surface area contributed by atoms with Crippen molar-refractivity contribution in [2.24, 2.45) is 4.99 Å². The van der Waals surface area contributed by atoms with Crippen molar-refractivity contribution < 1.29 is 19.2 Å². The number of allylic oxidation sites excluding steroid dienone is 1. The van der Waals surface area contributed by atoms with Crippen LogP contribution in [0.2, 0.25) is 10.0 Å². The molecule has 0 fully saturated rings. The Bertz CT molecular complexity index is 2350. The van der Waals surface area contributed by atoms with Gasteiger partial charge in [0.05, 0.1) is 44.4 Å². The highest BCUT2D eigenvalue weighted by molar-refractivity contribution is 7.99. The van der Waals surface area contributed by atoms with Gasteiger partial charge in [0.2, 0.25) is 5.16 Å². The molecule has 0 radical (unpaired) electrons. The lowest BCUT2D eigenvalue weighted by Gasteiger charge is -2.26. The minimum absolute atomic E-state index is 0.145. The number of hydrogen-bond acceptors (Lipinski definition) is 11. The van der Waals surface area contributed by atoms with E-state index >= 15 is 0 Å². The SMILES string of the molecule is CCCC1=C(C(=O)OCC)[C@H](c2ccccc2OC)n2c(s/c(=C/c3ccc(Sc4n[nH]c(-c5ccc(Cl)cc5Cl)n4)c([N+](=O)[O-])c3)c2=O)=N1. The Labute approximate surface area is 303 Å². The molecule has 1 aliphatic rings. The van der Waals surface area contributed by atoms with Crippen molar-refractivity contribution in [3.8, 4) is 17.1 Å².